The highest BCUT2D eigenvalue weighted by Crippen LogP contribution is 2.28. The summed E-state index contributed by atoms with van der Waals surface area (Å²) in [6, 6.07) is 11.1. The summed E-state index contributed by atoms with van der Waals surface area (Å²) >= 11 is 7.30. The van der Waals surface area contributed by atoms with E-state index in [1.165, 1.54) is 17.3 Å². The van der Waals surface area contributed by atoms with Gasteiger partial charge in [0.2, 0.25) is 5.91 Å². The van der Waals surface area contributed by atoms with Gasteiger partial charge in [-0.15, -0.1) is 11.8 Å². The van der Waals surface area contributed by atoms with Crippen LogP contribution in [0.3, 0.4) is 0 Å². The van der Waals surface area contributed by atoms with E-state index < -0.39 is 0 Å². The standard InChI is InChI=1S/C16H17ClN2OS/c1-10-3-5-13(7-11(10)2)19-16(20)9-21-15-8-12(17)4-6-14(15)18/h3-8H,9,18H2,1-2H3,(H,19,20). The van der Waals surface area contributed by atoms with Crippen molar-refractivity contribution < 1.29 is 4.79 Å². The molecule has 5 heteroatoms. The number of halogens is 1. The third-order valence-electron chi connectivity index (χ3n) is 3.13. The Bertz CT molecular complexity index is 673. The number of anilines is 2. The molecule has 0 fully saturated rings. The lowest BCUT2D eigenvalue weighted by molar-refractivity contribution is -0.113. The van der Waals surface area contributed by atoms with Gasteiger partial charge in [-0.05, 0) is 55.3 Å². The molecule has 1 amide bonds. The summed E-state index contributed by atoms with van der Waals surface area (Å²) in [6.07, 6.45) is 0. The third kappa shape index (κ3) is 4.41. The van der Waals surface area contributed by atoms with E-state index >= 15 is 0 Å². The highest BCUT2D eigenvalue weighted by molar-refractivity contribution is 8.00. The number of aryl methyl sites for hydroxylation is 2. The van der Waals surface area contributed by atoms with Gasteiger partial charge in [0.1, 0.15) is 0 Å². The maximum atomic E-state index is 12.0. The Morgan fingerprint density at radius 2 is 1.95 bits per heavy atom. The zero-order valence-electron chi connectivity index (χ0n) is 11.9. The largest absolute Gasteiger partial charge is 0.398 e. The lowest BCUT2D eigenvalue weighted by Gasteiger charge is -2.09. The van der Waals surface area contributed by atoms with E-state index in [1.54, 1.807) is 18.2 Å². The Morgan fingerprint density at radius 3 is 2.67 bits per heavy atom. The Hall–Kier alpha value is -1.65. The molecule has 0 radical (unpaired) electrons. The van der Waals surface area contributed by atoms with Crippen molar-refractivity contribution in [2.75, 3.05) is 16.8 Å². The molecule has 0 aromatic heterocycles. The van der Waals surface area contributed by atoms with Crippen molar-refractivity contribution in [3.05, 3.63) is 52.5 Å². The van der Waals surface area contributed by atoms with Crippen LogP contribution in [0.4, 0.5) is 11.4 Å². The predicted molar refractivity (Wildman–Crippen MR) is 91.1 cm³/mol. The van der Waals surface area contributed by atoms with E-state index in [2.05, 4.69) is 5.32 Å². The van der Waals surface area contributed by atoms with Crippen LogP contribution in [0.25, 0.3) is 0 Å². The summed E-state index contributed by atoms with van der Waals surface area (Å²) in [7, 11) is 0. The minimum Gasteiger partial charge on any atom is -0.398 e. The van der Waals surface area contributed by atoms with Crippen LogP contribution in [-0.2, 0) is 4.79 Å². The second-order valence-electron chi connectivity index (χ2n) is 4.82. The molecule has 0 bridgehead atoms. The molecule has 2 aromatic carbocycles. The van der Waals surface area contributed by atoms with Gasteiger partial charge in [-0.1, -0.05) is 17.7 Å². The normalized spacial score (nSPS) is 10.4. The maximum Gasteiger partial charge on any atom is 0.234 e. The highest BCUT2D eigenvalue weighted by Gasteiger charge is 2.07. The van der Waals surface area contributed by atoms with E-state index in [9.17, 15) is 4.79 Å². The molecule has 3 N–H and O–H groups in total. The summed E-state index contributed by atoms with van der Waals surface area (Å²) in [6.45, 7) is 4.06. The number of thioether (sulfide) groups is 1. The first-order valence-corrected chi connectivity index (χ1v) is 7.87. The molecule has 0 aliphatic rings. The van der Waals surface area contributed by atoms with Crippen LogP contribution >= 0.6 is 23.4 Å². The SMILES string of the molecule is Cc1ccc(NC(=O)CSc2cc(Cl)ccc2N)cc1C. The average Bonchev–Trinajstić information content (AvgIpc) is 2.44. The van der Waals surface area contributed by atoms with E-state index in [1.807, 2.05) is 32.0 Å². The van der Waals surface area contributed by atoms with Crippen molar-refractivity contribution in [1.29, 1.82) is 0 Å². The molecule has 3 nitrogen and oxygen atoms in total. The van der Waals surface area contributed by atoms with Crippen molar-refractivity contribution in [3.63, 3.8) is 0 Å². The average molecular weight is 321 g/mol. The molecular formula is C16H17ClN2OS. The molecule has 2 aromatic rings. The molecule has 21 heavy (non-hydrogen) atoms. The fourth-order valence-corrected chi connectivity index (χ4v) is 2.83. The topological polar surface area (TPSA) is 55.1 Å². The Balaban J connectivity index is 1.95. The van der Waals surface area contributed by atoms with Crippen LogP contribution in [0.2, 0.25) is 5.02 Å². The van der Waals surface area contributed by atoms with Crippen molar-refractivity contribution in [2.24, 2.45) is 0 Å². The van der Waals surface area contributed by atoms with Gasteiger partial charge >= 0.3 is 0 Å². The number of rotatable bonds is 4. The summed E-state index contributed by atoms with van der Waals surface area (Å²) in [5, 5.41) is 3.49. The number of nitrogens with one attached hydrogen (secondary N) is 1. The smallest absolute Gasteiger partial charge is 0.234 e. The first-order valence-electron chi connectivity index (χ1n) is 6.50. The zero-order chi connectivity index (χ0) is 15.4. The first-order chi connectivity index (χ1) is 9.95. The van der Waals surface area contributed by atoms with Gasteiger partial charge in [-0.3, -0.25) is 4.79 Å². The van der Waals surface area contributed by atoms with Crippen LogP contribution in [-0.4, -0.2) is 11.7 Å². The van der Waals surface area contributed by atoms with E-state index in [4.69, 9.17) is 17.3 Å². The number of amides is 1. The van der Waals surface area contributed by atoms with E-state index in [0.29, 0.717) is 10.7 Å². The quantitative estimate of drug-likeness (QED) is 0.653. The number of nitrogens with two attached hydrogens (primary N) is 1. The van der Waals surface area contributed by atoms with Crippen molar-refractivity contribution in [2.45, 2.75) is 18.7 Å². The number of nitrogen functional groups attached to an aromatic ring is 1. The van der Waals surface area contributed by atoms with Gasteiger partial charge in [0.25, 0.3) is 0 Å². The number of hydrogen-bond acceptors (Lipinski definition) is 3. The number of carbonyl (C=O) groups excluding carboxylic acids is 1. The second kappa shape index (κ2) is 6.87. The molecule has 2 rings (SSSR count). The Morgan fingerprint density at radius 1 is 1.19 bits per heavy atom. The monoisotopic (exact) mass is 320 g/mol. The summed E-state index contributed by atoms with van der Waals surface area (Å²) in [5.74, 6) is 0.222. The lowest BCUT2D eigenvalue weighted by Crippen LogP contribution is -2.14. The fourth-order valence-electron chi connectivity index (χ4n) is 1.79. The molecule has 110 valence electrons. The summed E-state index contributed by atoms with van der Waals surface area (Å²) in [4.78, 5) is 12.8. The molecule has 0 atom stereocenters. The predicted octanol–water partition coefficient (Wildman–Crippen LogP) is 4.27. The van der Waals surface area contributed by atoms with Crippen molar-refractivity contribution in [1.82, 2.24) is 0 Å². The van der Waals surface area contributed by atoms with Crippen LogP contribution in [0.1, 0.15) is 11.1 Å². The Labute approximate surface area is 133 Å². The summed E-state index contributed by atoms with van der Waals surface area (Å²) < 4.78 is 0. The third-order valence-corrected chi connectivity index (χ3v) is 4.43. The van der Waals surface area contributed by atoms with E-state index in [-0.39, 0.29) is 11.7 Å². The molecule has 0 unspecified atom stereocenters. The fraction of sp³-hybridized carbons (Fsp3) is 0.188. The minimum atomic E-state index is -0.0670. The van der Waals surface area contributed by atoms with Crippen LogP contribution in [0.15, 0.2) is 41.3 Å². The lowest BCUT2D eigenvalue weighted by atomic mass is 10.1. The van der Waals surface area contributed by atoms with Crippen molar-refractivity contribution in [3.8, 4) is 0 Å². The maximum absolute atomic E-state index is 12.0. The number of carbonyl (C=O) groups is 1. The zero-order valence-corrected chi connectivity index (χ0v) is 13.5. The van der Waals surface area contributed by atoms with Crippen LogP contribution in [0, 0.1) is 13.8 Å². The Kier molecular flexibility index (Phi) is 5.15. The molecule has 0 saturated carbocycles. The highest BCUT2D eigenvalue weighted by atomic mass is 35.5. The van der Waals surface area contributed by atoms with E-state index in [0.717, 1.165) is 16.1 Å². The molecule has 0 heterocycles. The number of benzene rings is 2. The van der Waals surface area contributed by atoms with Crippen LogP contribution in [0.5, 0.6) is 0 Å². The van der Waals surface area contributed by atoms with Crippen LogP contribution < -0.4 is 11.1 Å². The second-order valence-corrected chi connectivity index (χ2v) is 6.27. The van der Waals surface area contributed by atoms with Gasteiger partial charge in [0.05, 0.1) is 5.75 Å². The molecule has 0 aliphatic heterocycles. The van der Waals surface area contributed by atoms with Gasteiger partial charge < -0.3 is 11.1 Å². The van der Waals surface area contributed by atoms with Gasteiger partial charge in [-0.2, -0.15) is 0 Å². The van der Waals surface area contributed by atoms with Gasteiger partial charge in [0, 0.05) is 21.3 Å². The molecular weight excluding hydrogens is 304 g/mol. The molecule has 0 saturated heterocycles. The summed E-state index contributed by atoms with van der Waals surface area (Å²) in [5.41, 5.74) is 9.65. The minimum absolute atomic E-state index is 0.0670. The molecule has 0 spiro atoms. The van der Waals surface area contributed by atoms with Gasteiger partial charge in [0.15, 0.2) is 0 Å². The number of hydrogen-bond donors (Lipinski definition) is 2. The first kappa shape index (κ1) is 15.7. The van der Waals surface area contributed by atoms with Crippen molar-refractivity contribution >= 4 is 40.6 Å². The molecule has 0 aliphatic carbocycles. The van der Waals surface area contributed by atoms with Gasteiger partial charge in [-0.25, -0.2) is 0 Å².